The number of aromatic amines is 2. The molecule has 0 aliphatic carbocycles. The second kappa shape index (κ2) is 16.0. The fourth-order valence-electron chi connectivity index (χ4n) is 6.24. The molecule has 3 atom stereocenters. The number of carbonyl (C=O) groups excluding carboxylic acids is 4. The molecule has 0 saturated carbocycles. The van der Waals surface area contributed by atoms with Crippen LogP contribution in [0, 0.1) is 23.7 Å². The van der Waals surface area contributed by atoms with E-state index in [1.165, 1.54) is 14.2 Å². The maximum Gasteiger partial charge on any atom is 0.407 e. The molecule has 2 aromatic heterocycles. The summed E-state index contributed by atoms with van der Waals surface area (Å²) in [5.74, 6) is 6.94. The van der Waals surface area contributed by atoms with Gasteiger partial charge in [-0.3, -0.25) is 9.59 Å². The Morgan fingerprint density at radius 3 is 2.19 bits per heavy atom. The number of ether oxygens (including phenoxy) is 2. The smallest absolute Gasteiger partial charge is 0.407 e. The predicted octanol–water partition coefficient (Wildman–Crippen LogP) is 4.57. The molecule has 1 aliphatic heterocycles. The molecule has 4 amide bonds. The Labute approximate surface area is 302 Å². The van der Waals surface area contributed by atoms with Gasteiger partial charge in [0.25, 0.3) is 0 Å². The van der Waals surface area contributed by atoms with Crippen LogP contribution in [0.15, 0.2) is 48.7 Å². The van der Waals surface area contributed by atoms with Crippen LogP contribution in [-0.4, -0.2) is 81.7 Å². The minimum atomic E-state index is -0.736. The van der Waals surface area contributed by atoms with E-state index < -0.39 is 29.8 Å². The SMILES string of the molecule is COC(=O)N[C@H](C(=O)NCc1nc(-c2ccc(C#Cc3ccc4[nH]c(C5(C)CCCN5C(=O)[C@@H](NC(=O)OC)C(C)C)nc4c3)cc2)c[nH]1)C(C)C. The number of hydrogen-bond acceptors (Lipinski definition) is 8. The number of likely N-dealkylation sites (tertiary alicyclic amines) is 1. The van der Waals surface area contributed by atoms with Gasteiger partial charge >= 0.3 is 12.2 Å². The van der Waals surface area contributed by atoms with Crippen LogP contribution in [0.3, 0.4) is 0 Å². The molecular weight excluding hydrogens is 664 g/mol. The lowest BCUT2D eigenvalue weighted by atomic mass is 9.95. The van der Waals surface area contributed by atoms with E-state index in [0.29, 0.717) is 23.9 Å². The van der Waals surface area contributed by atoms with Crippen LogP contribution in [0.25, 0.3) is 22.3 Å². The van der Waals surface area contributed by atoms with E-state index in [0.717, 1.165) is 40.6 Å². The number of nitrogens with one attached hydrogen (secondary N) is 5. The van der Waals surface area contributed by atoms with Crippen LogP contribution in [-0.2, 0) is 31.1 Å². The first-order valence-corrected chi connectivity index (χ1v) is 17.3. The predicted molar refractivity (Wildman–Crippen MR) is 195 cm³/mol. The standard InChI is InChI=1S/C38H46N8O6/c1-22(2)31(44-36(49)51-6)33(47)40-21-30-39-20-29(41-30)26-14-11-24(12-15-26)9-10-25-13-16-27-28(19-25)43-35(42-27)38(5)17-8-18-46(38)34(48)32(23(3)4)45-37(50)52-7/h11-16,19-20,22-23,31-32H,8,17-18,21H2,1-7H3,(H,39,41)(H,40,47)(H,42,43)(H,44,49)(H,45,50)/t31-,32-,38?/m0/s1. The van der Waals surface area contributed by atoms with Crippen LogP contribution in [0.2, 0.25) is 0 Å². The summed E-state index contributed by atoms with van der Waals surface area (Å²) in [6.45, 7) is 10.2. The van der Waals surface area contributed by atoms with Gasteiger partial charge in [-0.15, -0.1) is 0 Å². The first kappa shape index (κ1) is 37.4. The lowest BCUT2D eigenvalue weighted by Gasteiger charge is -2.37. The van der Waals surface area contributed by atoms with Crippen LogP contribution >= 0.6 is 0 Å². The summed E-state index contributed by atoms with van der Waals surface area (Å²) in [6.07, 6.45) is 2.01. The summed E-state index contributed by atoms with van der Waals surface area (Å²) in [5.41, 5.74) is 4.13. The number of rotatable bonds is 10. The highest BCUT2D eigenvalue weighted by molar-refractivity contribution is 5.87. The first-order valence-electron chi connectivity index (χ1n) is 17.3. The number of nitrogens with zero attached hydrogens (tertiary/aromatic N) is 3. The molecule has 274 valence electrons. The molecule has 1 unspecified atom stereocenters. The third-order valence-electron chi connectivity index (χ3n) is 9.29. The van der Waals surface area contributed by atoms with Crippen molar-refractivity contribution < 1.29 is 28.7 Å². The summed E-state index contributed by atoms with van der Waals surface area (Å²) < 4.78 is 9.39. The molecular formula is C38H46N8O6. The molecule has 0 radical (unpaired) electrons. The van der Waals surface area contributed by atoms with Crippen LogP contribution in [0.4, 0.5) is 9.59 Å². The summed E-state index contributed by atoms with van der Waals surface area (Å²) in [6, 6.07) is 12.0. The number of carbonyl (C=O) groups is 4. The fourth-order valence-corrected chi connectivity index (χ4v) is 6.24. The second-order valence-electron chi connectivity index (χ2n) is 13.7. The number of benzene rings is 2. The highest BCUT2D eigenvalue weighted by atomic mass is 16.5. The Balaban J connectivity index is 1.24. The number of alkyl carbamates (subject to hydrolysis) is 2. The zero-order chi connectivity index (χ0) is 37.6. The van der Waals surface area contributed by atoms with Gasteiger partial charge < -0.3 is 40.3 Å². The van der Waals surface area contributed by atoms with Crippen molar-refractivity contribution in [3.05, 3.63) is 71.4 Å². The molecule has 14 nitrogen and oxygen atoms in total. The van der Waals surface area contributed by atoms with Gasteiger partial charge in [-0.25, -0.2) is 19.6 Å². The Kier molecular flexibility index (Phi) is 11.5. The summed E-state index contributed by atoms with van der Waals surface area (Å²) >= 11 is 0. The van der Waals surface area contributed by atoms with Crippen molar-refractivity contribution in [2.75, 3.05) is 20.8 Å². The van der Waals surface area contributed by atoms with Gasteiger partial charge in [0.1, 0.15) is 23.7 Å². The molecule has 1 fully saturated rings. The van der Waals surface area contributed by atoms with Crippen LogP contribution < -0.4 is 16.0 Å². The van der Waals surface area contributed by atoms with E-state index in [4.69, 9.17) is 9.72 Å². The number of methoxy groups -OCH3 is 2. The minimum Gasteiger partial charge on any atom is -0.453 e. The first-order chi connectivity index (χ1) is 24.8. The number of fused-ring (bicyclic) bond motifs is 1. The number of amides is 4. The van der Waals surface area contributed by atoms with E-state index in [-0.39, 0.29) is 30.2 Å². The van der Waals surface area contributed by atoms with Gasteiger partial charge in [-0.1, -0.05) is 51.7 Å². The zero-order valence-electron chi connectivity index (χ0n) is 30.5. The Morgan fingerprint density at radius 1 is 0.904 bits per heavy atom. The summed E-state index contributed by atoms with van der Waals surface area (Å²) in [4.78, 5) is 67.8. The molecule has 52 heavy (non-hydrogen) atoms. The van der Waals surface area contributed by atoms with Crippen molar-refractivity contribution in [3.63, 3.8) is 0 Å². The number of aromatic nitrogens is 4. The topological polar surface area (TPSA) is 183 Å². The van der Waals surface area contributed by atoms with Crippen molar-refractivity contribution in [1.29, 1.82) is 0 Å². The van der Waals surface area contributed by atoms with Crippen molar-refractivity contribution in [3.8, 4) is 23.1 Å². The van der Waals surface area contributed by atoms with Crippen molar-refractivity contribution in [1.82, 2.24) is 40.8 Å². The number of hydrogen-bond donors (Lipinski definition) is 5. The van der Waals surface area contributed by atoms with Gasteiger partial charge in [0, 0.05) is 29.4 Å². The Morgan fingerprint density at radius 2 is 1.54 bits per heavy atom. The summed E-state index contributed by atoms with van der Waals surface area (Å²) in [7, 11) is 2.53. The maximum absolute atomic E-state index is 13.7. The maximum atomic E-state index is 13.7. The lowest BCUT2D eigenvalue weighted by molar-refractivity contribution is -0.138. The van der Waals surface area contributed by atoms with E-state index in [1.807, 2.05) is 82.0 Å². The molecule has 5 rings (SSSR count). The van der Waals surface area contributed by atoms with E-state index >= 15 is 0 Å². The number of imidazole rings is 2. The largest absolute Gasteiger partial charge is 0.453 e. The molecule has 0 spiro atoms. The van der Waals surface area contributed by atoms with E-state index in [2.05, 4.69) is 47.5 Å². The second-order valence-corrected chi connectivity index (χ2v) is 13.7. The zero-order valence-corrected chi connectivity index (χ0v) is 30.5. The Bertz CT molecular complexity index is 1990. The fraction of sp³-hybridized carbons (Fsp3) is 0.421. The third-order valence-corrected chi connectivity index (χ3v) is 9.29. The Hall–Kier alpha value is -5.84. The lowest BCUT2D eigenvalue weighted by Crippen LogP contribution is -2.55. The average molecular weight is 711 g/mol. The molecule has 0 bridgehead atoms. The summed E-state index contributed by atoms with van der Waals surface area (Å²) in [5, 5.41) is 8.06. The van der Waals surface area contributed by atoms with Crippen LogP contribution in [0.5, 0.6) is 0 Å². The van der Waals surface area contributed by atoms with E-state index in [1.54, 1.807) is 6.20 Å². The van der Waals surface area contributed by atoms with Crippen molar-refractivity contribution in [2.24, 2.45) is 11.8 Å². The van der Waals surface area contributed by atoms with Crippen molar-refractivity contribution >= 4 is 35.0 Å². The molecule has 14 heteroatoms. The van der Waals surface area contributed by atoms with Gasteiger partial charge in [0.2, 0.25) is 11.8 Å². The normalized spacial score (nSPS) is 16.6. The molecule has 1 aliphatic rings. The monoisotopic (exact) mass is 710 g/mol. The molecule has 1 saturated heterocycles. The highest BCUT2D eigenvalue weighted by Gasteiger charge is 2.46. The molecule has 3 heterocycles. The highest BCUT2D eigenvalue weighted by Crippen LogP contribution is 2.38. The van der Waals surface area contributed by atoms with Crippen molar-refractivity contribution in [2.45, 2.75) is 71.6 Å². The molecule has 5 N–H and O–H groups in total. The van der Waals surface area contributed by atoms with Gasteiger partial charge in [-0.2, -0.15) is 0 Å². The number of H-pyrrole nitrogens is 2. The van der Waals surface area contributed by atoms with Gasteiger partial charge in [0.15, 0.2) is 0 Å². The van der Waals surface area contributed by atoms with E-state index in [9.17, 15) is 19.2 Å². The average Bonchev–Trinajstić information content (AvgIpc) is 3.89. The third kappa shape index (κ3) is 8.37. The quantitative estimate of drug-likeness (QED) is 0.148. The minimum absolute atomic E-state index is 0.128. The molecule has 4 aromatic rings. The van der Waals surface area contributed by atoms with Gasteiger partial charge in [-0.05, 0) is 61.9 Å². The van der Waals surface area contributed by atoms with Crippen LogP contribution in [0.1, 0.15) is 70.2 Å². The molecule has 2 aromatic carbocycles. The van der Waals surface area contributed by atoms with Gasteiger partial charge in [0.05, 0.1) is 43.0 Å².